The van der Waals surface area contributed by atoms with Crippen LogP contribution in [0.15, 0.2) is 53.9 Å². The van der Waals surface area contributed by atoms with Crippen molar-refractivity contribution < 1.29 is 14.6 Å². The molecule has 0 radical (unpaired) electrons. The van der Waals surface area contributed by atoms with Crippen molar-refractivity contribution in [3.8, 4) is 16.3 Å². The number of hydrogen-bond donors (Lipinski definition) is 1. The standard InChI is InChI=1S/C18H15NO3S/c1-12-5-4-6-13(9-12)10-22-16-8-3-2-7-14(16)17-19-15(11-23-17)18(20)21/h2-9,11H,10H2,1H3,(H,20,21). The number of benzene rings is 2. The van der Waals surface area contributed by atoms with Gasteiger partial charge in [0.2, 0.25) is 0 Å². The van der Waals surface area contributed by atoms with E-state index in [0.717, 1.165) is 11.1 Å². The predicted molar refractivity (Wildman–Crippen MR) is 90.0 cm³/mol. The van der Waals surface area contributed by atoms with E-state index < -0.39 is 5.97 Å². The van der Waals surface area contributed by atoms with Gasteiger partial charge in [0.1, 0.15) is 17.4 Å². The fourth-order valence-corrected chi connectivity index (χ4v) is 3.05. The van der Waals surface area contributed by atoms with Gasteiger partial charge in [-0.15, -0.1) is 11.3 Å². The molecule has 0 aliphatic heterocycles. The van der Waals surface area contributed by atoms with Crippen molar-refractivity contribution in [3.05, 3.63) is 70.7 Å². The first kappa shape index (κ1) is 15.2. The molecule has 4 nitrogen and oxygen atoms in total. The van der Waals surface area contributed by atoms with E-state index in [9.17, 15) is 4.79 Å². The summed E-state index contributed by atoms with van der Waals surface area (Å²) >= 11 is 1.30. The van der Waals surface area contributed by atoms with Crippen LogP contribution in [-0.4, -0.2) is 16.1 Å². The van der Waals surface area contributed by atoms with Crippen LogP contribution < -0.4 is 4.74 Å². The molecule has 0 saturated heterocycles. The highest BCUT2D eigenvalue weighted by Crippen LogP contribution is 2.32. The highest BCUT2D eigenvalue weighted by molar-refractivity contribution is 7.13. The molecule has 3 aromatic rings. The third-order valence-electron chi connectivity index (χ3n) is 3.32. The number of carbonyl (C=O) groups is 1. The summed E-state index contributed by atoms with van der Waals surface area (Å²) in [5.41, 5.74) is 3.13. The lowest BCUT2D eigenvalue weighted by atomic mass is 10.1. The molecule has 3 rings (SSSR count). The van der Waals surface area contributed by atoms with Crippen LogP contribution >= 0.6 is 11.3 Å². The maximum absolute atomic E-state index is 11.0. The summed E-state index contributed by atoms with van der Waals surface area (Å²) in [4.78, 5) is 15.1. The minimum atomic E-state index is -1.02. The molecule has 0 spiro atoms. The number of para-hydroxylation sites is 1. The second kappa shape index (κ2) is 6.62. The first-order valence-corrected chi connectivity index (χ1v) is 7.98. The van der Waals surface area contributed by atoms with Crippen molar-refractivity contribution in [2.75, 3.05) is 0 Å². The van der Waals surface area contributed by atoms with Crippen molar-refractivity contribution in [1.29, 1.82) is 0 Å². The molecule has 0 unspecified atom stereocenters. The summed E-state index contributed by atoms with van der Waals surface area (Å²) in [5, 5.41) is 11.2. The molecule has 1 aromatic heterocycles. The average Bonchev–Trinajstić information content (AvgIpc) is 3.03. The number of aryl methyl sites for hydroxylation is 1. The van der Waals surface area contributed by atoms with Gasteiger partial charge in [0.25, 0.3) is 0 Å². The van der Waals surface area contributed by atoms with Crippen LogP contribution in [0.25, 0.3) is 10.6 Å². The molecule has 0 amide bonds. The zero-order valence-corrected chi connectivity index (χ0v) is 13.3. The number of nitrogens with zero attached hydrogens (tertiary/aromatic N) is 1. The maximum atomic E-state index is 11.0. The second-order valence-electron chi connectivity index (χ2n) is 5.12. The van der Waals surface area contributed by atoms with Gasteiger partial charge >= 0.3 is 5.97 Å². The van der Waals surface area contributed by atoms with Gasteiger partial charge < -0.3 is 9.84 Å². The monoisotopic (exact) mass is 325 g/mol. The van der Waals surface area contributed by atoms with Gasteiger partial charge in [0, 0.05) is 5.38 Å². The van der Waals surface area contributed by atoms with Crippen molar-refractivity contribution in [2.45, 2.75) is 13.5 Å². The number of rotatable bonds is 5. The lowest BCUT2D eigenvalue weighted by molar-refractivity contribution is 0.0691. The van der Waals surface area contributed by atoms with Crippen LogP contribution in [0.1, 0.15) is 21.6 Å². The molecule has 1 heterocycles. The minimum Gasteiger partial charge on any atom is -0.488 e. The summed E-state index contributed by atoms with van der Waals surface area (Å²) in [7, 11) is 0. The van der Waals surface area contributed by atoms with Crippen LogP contribution in [0.2, 0.25) is 0 Å². The van der Waals surface area contributed by atoms with Crippen molar-refractivity contribution in [2.24, 2.45) is 0 Å². The van der Waals surface area contributed by atoms with E-state index in [0.29, 0.717) is 17.4 Å². The lowest BCUT2D eigenvalue weighted by Gasteiger charge is -2.10. The van der Waals surface area contributed by atoms with Gasteiger partial charge in [-0.05, 0) is 24.6 Å². The molecule has 116 valence electrons. The molecule has 0 bridgehead atoms. The van der Waals surface area contributed by atoms with Crippen molar-refractivity contribution in [3.63, 3.8) is 0 Å². The third-order valence-corrected chi connectivity index (χ3v) is 4.19. The highest BCUT2D eigenvalue weighted by Gasteiger charge is 2.13. The average molecular weight is 325 g/mol. The Morgan fingerprint density at radius 3 is 2.78 bits per heavy atom. The number of ether oxygens (including phenoxy) is 1. The van der Waals surface area contributed by atoms with Crippen LogP contribution in [0.5, 0.6) is 5.75 Å². The van der Waals surface area contributed by atoms with Crippen molar-refractivity contribution >= 4 is 17.3 Å². The number of aromatic nitrogens is 1. The lowest BCUT2D eigenvalue weighted by Crippen LogP contribution is -1.98. The molecule has 0 fully saturated rings. The number of thiazole rings is 1. The summed E-state index contributed by atoms with van der Waals surface area (Å²) < 4.78 is 5.92. The van der Waals surface area contributed by atoms with Gasteiger partial charge in [-0.3, -0.25) is 0 Å². The Bertz CT molecular complexity index is 842. The first-order chi connectivity index (χ1) is 11.1. The van der Waals surface area contributed by atoms with Crippen LogP contribution in [0, 0.1) is 6.92 Å². The molecule has 0 atom stereocenters. The summed E-state index contributed by atoms with van der Waals surface area (Å²) in [6, 6.07) is 15.7. The summed E-state index contributed by atoms with van der Waals surface area (Å²) in [6.45, 7) is 2.50. The molecule has 5 heteroatoms. The quantitative estimate of drug-likeness (QED) is 0.755. The number of aromatic carboxylic acids is 1. The van der Waals surface area contributed by atoms with E-state index in [1.807, 2.05) is 49.4 Å². The smallest absolute Gasteiger partial charge is 0.355 e. The van der Waals surface area contributed by atoms with E-state index in [1.54, 1.807) is 0 Å². The van der Waals surface area contributed by atoms with E-state index in [1.165, 1.54) is 22.3 Å². The normalized spacial score (nSPS) is 10.5. The van der Waals surface area contributed by atoms with Gasteiger partial charge in [-0.2, -0.15) is 0 Å². The van der Waals surface area contributed by atoms with E-state index >= 15 is 0 Å². The predicted octanol–water partition coefficient (Wildman–Crippen LogP) is 4.40. The Morgan fingerprint density at radius 1 is 1.22 bits per heavy atom. The van der Waals surface area contributed by atoms with E-state index in [4.69, 9.17) is 9.84 Å². The maximum Gasteiger partial charge on any atom is 0.355 e. The highest BCUT2D eigenvalue weighted by atomic mass is 32.1. The minimum absolute atomic E-state index is 0.0542. The molecular formula is C18H15NO3S. The Kier molecular flexibility index (Phi) is 4.39. The van der Waals surface area contributed by atoms with Gasteiger partial charge in [0.05, 0.1) is 5.56 Å². The van der Waals surface area contributed by atoms with Crippen LogP contribution in [-0.2, 0) is 6.61 Å². The van der Waals surface area contributed by atoms with E-state index in [-0.39, 0.29) is 5.69 Å². The molecule has 2 aromatic carbocycles. The first-order valence-electron chi connectivity index (χ1n) is 7.10. The van der Waals surface area contributed by atoms with Crippen LogP contribution in [0.3, 0.4) is 0 Å². The molecule has 0 saturated carbocycles. The fourth-order valence-electron chi connectivity index (χ4n) is 2.23. The molecular weight excluding hydrogens is 310 g/mol. The number of carboxylic acids is 1. The second-order valence-corrected chi connectivity index (χ2v) is 5.98. The SMILES string of the molecule is Cc1cccc(COc2ccccc2-c2nc(C(=O)O)cs2)c1. The number of carboxylic acid groups (broad SMARTS) is 1. The Labute approximate surface area is 138 Å². The van der Waals surface area contributed by atoms with Gasteiger partial charge in [-0.1, -0.05) is 42.0 Å². The summed E-state index contributed by atoms with van der Waals surface area (Å²) in [6.07, 6.45) is 0. The van der Waals surface area contributed by atoms with Crippen molar-refractivity contribution in [1.82, 2.24) is 4.98 Å². The van der Waals surface area contributed by atoms with Gasteiger partial charge in [-0.25, -0.2) is 9.78 Å². The zero-order chi connectivity index (χ0) is 16.2. The molecule has 1 N–H and O–H groups in total. The molecule has 0 aliphatic carbocycles. The Hall–Kier alpha value is -2.66. The number of hydrogen-bond acceptors (Lipinski definition) is 4. The third kappa shape index (κ3) is 3.57. The fraction of sp³-hybridized carbons (Fsp3) is 0.111. The topological polar surface area (TPSA) is 59.4 Å². The Balaban J connectivity index is 1.84. The molecule has 23 heavy (non-hydrogen) atoms. The zero-order valence-electron chi connectivity index (χ0n) is 12.5. The Morgan fingerprint density at radius 2 is 2.04 bits per heavy atom. The summed E-state index contributed by atoms with van der Waals surface area (Å²) in [5.74, 6) is -0.328. The van der Waals surface area contributed by atoms with Gasteiger partial charge in [0.15, 0.2) is 5.69 Å². The van der Waals surface area contributed by atoms with E-state index in [2.05, 4.69) is 11.1 Å². The molecule has 0 aliphatic rings. The largest absolute Gasteiger partial charge is 0.488 e. The van der Waals surface area contributed by atoms with Crippen LogP contribution in [0.4, 0.5) is 0 Å².